The summed E-state index contributed by atoms with van der Waals surface area (Å²) in [4.78, 5) is 15.7. The van der Waals surface area contributed by atoms with Crippen LogP contribution in [-0.4, -0.2) is 22.2 Å². The van der Waals surface area contributed by atoms with E-state index in [9.17, 15) is 9.90 Å². The molecule has 0 spiro atoms. The zero-order valence-electron chi connectivity index (χ0n) is 11.1. The molecule has 2 amide bonds. The standard InChI is InChI=1S/C14H17N3O3/c1-10(9-11(18)12-5-4-8-20-12)16-14(19)17-13-6-2-3-7-15-13/h2-8,10-11,18H,9H2,1H3,(H2,15,16,17,19). The topological polar surface area (TPSA) is 87.4 Å². The average Bonchev–Trinajstić information content (AvgIpc) is 2.93. The number of aliphatic hydroxyl groups excluding tert-OH is 1. The quantitative estimate of drug-likeness (QED) is 0.781. The molecule has 0 fully saturated rings. The van der Waals surface area contributed by atoms with Crippen LogP contribution in [0.1, 0.15) is 25.2 Å². The van der Waals surface area contributed by atoms with E-state index in [0.717, 1.165) is 0 Å². The fourth-order valence-electron chi connectivity index (χ4n) is 1.80. The van der Waals surface area contributed by atoms with Crippen LogP contribution in [0, 0.1) is 0 Å². The highest BCUT2D eigenvalue weighted by Gasteiger charge is 2.16. The van der Waals surface area contributed by atoms with E-state index >= 15 is 0 Å². The first-order valence-corrected chi connectivity index (χ1v) is 6.35. The first kappa shape index (κ1) is 14.1. The van der Waals surface area contributed by atoms with Crippen molar-refractivity contribution in [2.45, 2.75) is 25.5 Å². The maximum atomic E-state index is 11.7. The van der Waals surface area contributed by atoms with Crippen molar-refractivity contribution in [1.82, 2.24) is 10.3 Å². The number of hydrogen-bond donors (Lipinski definition) is 3. The van der Waals surface area contributed by atoms with Crippen molar-refractivity contribution in [1.29, 1.82) is 0 Å². The molecule has 0 bridgehead atoms. The lowest BCUT2D eigenvalue weighted by Crippen LogP contribution is -2.37. The summed E-state index contributed by atoms with van der Waals surface area (Å²) in [5.74, 6) is 0.965. The number of pyridine rings is 1. The lowest BCUT2D eigenvalue weighted by Gasteiger charge is -2.16. The van der Waals surface area contributed by atoms with E-state index < -0.39 is 6.10 Å². The molecular weight excluding hydrogens is 258 g/mol. The van der Waals surface area contributed by atoms with Gasteiger partial charge in [-0.3, -0.25) is 5.32 Å². The van der Waals surface area contributed by atoms with Gasteiger partial charge in [0.25, 0.3) is 0 Å². The summed E-state index contributed by atoms with van der Waals surface area (Å²) in [5, 5.41) is 15.2. The summed E-state index contributed by atoms with van der Waals surface area (Å²) in [7, 11) is 0. The van der Waals surface area contributed by atoms with Crippen LogP contribution >= 0.6 is 0 Å². The molecule has 2 unspecified atom stereocenters. The third-order valence-electron chi connectivity index (χ3n) is 2.73. The largest absolute Gasteiger partial charge is 0.467 e. The van der Waals surface area contributed by atoms with E-state index in [4.69, 9.17) is 4.42 Å². The Hall–Kier alpha value is -2.34. The average molecular weight is 275 g/mol. The van der Waals surface area contributed by atoms with Crippen LogP contribution in [0.2, 0.25) is 0 Å². The fourth-order valence-corrected chi connectivity index (χ4v) is 1.80. The molecular formula is C14H17N3O3. The Bertz CT molecular complexity index is 528. The second-order valence-electron chi connectivity index (χ2n) is 4.48. The summed E-state index contributed by atoms with van der Waals surface area (Å²) < 4.78 is 5.11. The van der Waals surface area contributed by atoms with Crippen molar-refractivity contribution in [3.8, 4) is 0 Å². The molecule has 0 saturated heterocycles. The number of nitrogens with one attached hydrogen (secondary N) is 2. The predicted octanol–water partition coefficient (Wildman–Crippen LogP) is 2.31. The number of nitrogens with zero attached hydrogens (tertiary/aromatic N) is 1. The lowest BCUT2D eigenvalue weighted by molar-refractivity contribution is 0.130. The number of carbonyl (C=O) groups is 1. The lowest BCUT2D eigenvalue weighted by atomic mass is 10.1. The van der Waals surface area contributed by atoms with E-state index in [2.05, 4.69) is 15.6 Å². The van der Waals surface area contributed by atoms with Crippen molar-refractivity contribution < 1.29 is 14.3 Å². The van der Waals surface area contributed by atoms with Crippen molar-refractivity contribution in [2.75, 3.05) is 5.32 Å². The van der Waals surface area contributed by atoms with Crippen LogP contribution in [0.4, 0.5) is 10.6 Å². The van der Waals surface area contributed by atoms with Crippen LogP contribution in [0.25, 0.3) is 0 Å². The Morgan fingerprint density at radius 3 is 2.90 bits per heavy atom. The minimum absolute atomic E-state index is 0.209. The zero-order chi connectivity index (χ0) is 14.4. The molecule has 0 aliphatic carbocycles. The van der Waals surface area contributed by atoms with E-state index in [1.54, 1.807) is 36.5 Å². The highest BCUT2D eigenvalue weighted by Crippen LogP contribution is 2.18. The highest BCUT2D eigenvalue weighted by atomic mass is 16.4. The van der Waals surface area contributed by atoms with Crippen LogP contribution in [0.3, 0.4) is 0 Å². The Labute approximate surface area is 116 Å². The number of rotatable bonds is 5. The van der Waals surface area contributed by atoms with Gasteiger partial charge >= 0.3 is 6.03 Å². The van der Waals surface area contributed by atoms with Gasteiger partial charge in [0, 0.05) is 18.7 Å². The minimum atomic E-state index is -0.741. The van der Waals surface area contributed by atoms with E-state index in [-0.39, 0.29) is 12.1 Å². The fraction of sp³-hybridized carbons (Fsp3) is 0.286. The zero-order valence-corrected chi connectivity index (χ0v) is 11.1. The third kappa shape index (κ3) is 4.10. The minimum Gasteiger partial charge on any atom is -0.467 e. The molecule has 0 aliphatic rings. The van der Waals surface area contributed by atoms with Gasteiger partial charge in [0.1, 0.15) is 17.7 Å². The second kappa shape index (κ2) is 6.72. The number of furan rings is 1. The van der Waals surface area contributed by atoms with Gasteiger partial charge in [-0.2, -0.15) is 0 Å². The Kier molecular flexibility index (Phi) is 4.73. The van der Waals surface area contributed by atoms with Crippen LogP contribution in [0.15, 0.2) is 47.2 Å². The van der Waals surface area contributed by atoms with Crippen molar-refractivity contribution in [3.05, 3.63) is 48.6 Å². The van der Waals surface area contributed by atoms with E-state index in [1.807, 2.05) is 6.92 Å². The monoisotopic (exact) mass is 275 g/mol. The molecule has 2 aromatic heterocycles. The van der Waals surface area contributed by atoms with Crippen LogP contribution in [0.5, 0.6) is 0 Å². The second-order valence-corrected chi connectivity index (χ2v) is 4.48. The summed E-state index contributed by atoms with van der Waals surface area (Å²) in [6, 6.07) is 8.09. The molecule has 3 N–H and O–H groups in total. The van der Waals surface area contributed by atoms with Gasteiger partial charge in [-0.15, -0.1) is 0 Å². The number of amides is 2. The maximum Gasteiger partial charge on any atom is 0.320 e. The van der Waals surface area contributed by atoms with Crippen molar-refractivity contribution >= 4 is 11.8 Å². The Morgan fingerprint density at radius 1 is 1.40 bits per heavy atom. The molecule has 2 heterocycles. The molecule has 0 saturated carbocycles. The molecule has 0 radical (unpaired) electrons. The first-order valence-electron chi connectivity index (χ1n) is 6.35. The summed E-state index contributed by atoms with van der Waals surface area (Å²) in [6.07, 6.45) is 2.72. The number of urea groups is 1. The van der Waals surface area contributed by atoms with Gasteiger partial charge in [-0.1, -0.05) is 6.07 Å². The van der Waals surface area contributed by atoms with Gasteiger partial charge in [0.05, 0.1) is 6.26 Å². The Balaban J connectivity index is 1.79. The van der Waals surface area contributed by atoms with Gasteiger partial charge < -0.3 is 14.8 Å². The molecule has 6 nitrogen and oxygen atoms in total. The number of carbonyl (C=O) groups excluding carboxylic acids is 1. The van der Waals surface area contributed by atoms with Crippen molar-refractivity contribution in [3.63, 3.8) is 0 Å². The third-order valence-corrected chi connectivity index (χ3v) is 2.73. The number of anilines is 1. The summed E-state index contributed by atoms with van der Waals surface area (Å²) in [6.45, 7) is 1.81. The molecule has 2 rings (SSSR count). The highest BCUT2D eigenvalue weighted by molar-refractivity contribution is 5.88. The predicted molar refractivity (Wildman–Crippen MR) is 74.1 cm³/mol. The molecule has 106 valence electrons. The van der Waals surface area contributed by atoms with E-state index in [0.29, 0.717) is 18.0 Å². The SMILES string of the molecule is CC(CC(O)c1ccco1)NC(=O)Nc1ccccn1. The maximum absolute atomic E-state index is 11.7. The number of hydrogen-bond acceptors (Lipinski definition) is 4. The van der Waals surface area contributed by atoms with Crippen LogP contribution in [-0.2, 0) is 0 Å². The van der Waals surface area contributed by atoms with Gasteiger partial charge in [0.15, 0.2) is 0 Å². The molecule has 0 aliphatic heterocycles. The molecule has 0 aromatic carbocycles. The molecule has 2 atom stereocenters. The number of aromatic nitrogens is 1. The van der Waals surface area contributed by atoms with Gasteiger partial charge in [-0.25, -0.2) is 9.78 Å². The first-order chi connectivity index (χ1) is 9.65. The number of aliphatic hydroxyl groups is 1. The summed E-state index contributed by atoms with van der Waals surface area (Å²) in [5.41, 5.74) is 0. The molecule has 6 heteroatoms. The summed E-state index contributed by atoms with van der Waals surface area (Å²) >= 11 is 0. The van der Waals surface area contributed by atoms with Gasteiger partial charge in [0.2, 0.25) is 0 Å². The van der Waals surface area contributed by atoms with Gasteiger partial charge in [-0.05, 0) is 31.2 Å². The van der Waals surface area contributed by atoms with Crippen molar-refractivity contribution in [2.24, 2.45) is 0 Å². The molecule has 20 heavy (non-hydrogen) atoms. The Morgan fingerprint density at radius 2 is 2.25 bits per heavy atom. The normalized spacial score (nSPS) is 13.5. The molecule has 2 aromatic rings. The van der Waals surface area contributed by atoms with Crippen LogP contribution < -0.4 is 10.6 Å². The van der Waals surface area contributed by atoms with E-state index in [1.165, 1.54) is 6.26 Å². The smallest absolute Gasteiger partial charge is 0.320 e.